The molecule has 0 saturated carbocycles. The van der Waals surface area contributed by atoms with Crippen LogP contribution in [-0.4, -0.2) is 4.98 Å². The second-order valence-electron chi connectivity index (χ2n) is 1.84. The van der Waals surface area contributed by atoms with Gasteiger partial charge in [-0.25, -0.2) is 4.98 Å². The van der Waals surface area contributed by atoms with Gasteiger partial charge in [-0.3, -0.25) is 0 Å². The van der Waals surface area contributed by atoms with Crippen molar-refractivity contribution in [3.8, 4) is 0 Å². The zero-order chi connectivity index (χ0) is 8.10. The fourth-order valence-corrected chi connectivity index (χ4v) is 0.642. The van der Waals surface area contributed by atoms with E-state index in [1.807, 2.05) is 0 Å². The Kier molecular flexibility index (Phi) is 2.41. The first-order valence-electron chi connectivity index (χ1n) is 2.95. The molecule has 0 saturated heterocycles. The van der Waals surface area contributed by atoms with Crippen LogP contribution in [0.2, 0.25) is 0 Å². The van der Waals surface area contributed by atoms with Gasteiger partial charge in [-0.2, -0.15) is 4.39 Å². The van der Waals surface area contributed by atoms with Crippen molar-refractivity contribution in [1.82, 2.24) is 4.98 Å². The Morgan fingerprint density at radius 3 is 3.09 bits per heavy atom. The van der Waals surface area contributed by atoms with Crippen molar-refractivity contribution in [3.63, 3.8) is 0 Å². The van der Waals surface area contributed by atoms with E-state index in [0.29, 0.717) is 5.69 Å². The normalized spacial score (nSPS) is 8.82. The van der Waals surface area contributed by atoms with Gasteiger partial charge in [-0.15, -0.1) is 0 Å². The average molecular weight is 152 g/mol. The Morgan fingerprint density at radius 1 is 1.64 bits per heavy atom. The van der Waals surface area contributed by atoms with Gasteiger partial charge in [-0.05, 0) is 17.7 Å². The second kappa shape index (κ2) is 3.53. The SMILES string of the molecule is [N-]=[N+]=NCc1cccc(F)n1. The minimum Gasteiger partial charge on any atom is -0.225 e. The Morgan fingerprint density at radius 2 is 2.45 bits per heavy atom. The molecule has 11 heavy (non-hydrogen) atoms. The molecule has 0 unspecified atom stereocenters. The number of pyridine rings is 1. The Bertz CT molecular complexity index is 292. The van der Waals surface area contributed by atoms with E-state index >= 15 is 0 Å². The largest absolute Gasteiger partial charge is 0.225 e. The predicted octanol–water partition coefficient (Wildman–Crippen LogP) is 2.03. The van der Waals surface area contributed by atoms with E-state index in [1.165, 1.54) is 12.1 Å². The van der Waals surface area contributed by atoms with Crippen LogP contribution in [0.5, 0.6) is 0 Å². The van der Waals surface area contributed by atoms with E-state index in [-0.39, 0.29) is 6.54 Å². The molecule has 1 rings (SSSR count). The molecule has 0 aliphatic heterocycles. The molecule has 0 bridgehead atoms. The van der Waals surface area contributed by atoms with Gasteiger partial charge in [0.15, 0.2) is 0 Å². The topological polar surface area (TPSA) is 61.7 Å². The number of nitrogens with zero attached hydrogens (tertiary/aromatic N) is 4. The maximum Gasteiger partial charge on any atom is 0.213 e. The molecule has 0 aromatic carbocycles. The fraction of sp³-hybridized carbons (Fsp3) is 0.167. The summed E-state index contributed by atoms with van der Waals surface area (Å²) in [6.07, 6.45) is 0. The lowest BCUT2D eigenvalue weighted by molar-refractivity contribution is 0.577. The highest BCUT2D eigenvalue weighted by Gasteiger charge is 1.92. The van der Waals surface area contributed by atoms with Crippen molar-refractivity contribution in [2.45, 2.75) is 6.54 Å². The molecule has 1 heterocycles. The van der Waals surface area contributed by atoms with Gasteiger partial charge in [0.25, 0.3) is 0 Å². The Hall–Kier alpha value is -1.61. The molecule has 0 aliphatic rings. The highest BCUT2D eigenvalue weighted by Crippen LogP contribution is 1.98. The number of hydrogen-bond donors (Lipinski definition) is 0. The van der Waals surface area contributed by atoms with Gasteiger partial charge in [0.05, 0.1) is 6.54 Å². The van der Waals surface area contributed by atoms with Crippen molar-refractivity contribution in [2.75, 3.05) is 0 Å². The van der Waals surface area contributed by atoms with Crippen LogP contribution in [0.4, 0.5) is 4.39 Å². The van der Waals surface area contributed by atoms with Crippen LogP contribution >= 0.6 is 0 Å². The van der Waals surface area contributed by atoms with Crippen molar-refractivity contribution >= 4 is 0 Å². The van der Waals surface area contributed by atoms with E-state index in [0.717, 1.165) is 0 Å². The standard InChI is InChI=1S/C6H5FN4/c7-6-3-1-2-5(10-6)4-9-11-8/h1-3H,4H2. The summed E-state index contributed by atoms with van der Waals surface area (Å²) in [6.45, 7) is 0.0915. The first-order valence-corrected chi connectivity index (χ1v) is 2.95. The van der Waals surface area contributed by atoms with Gasteiger partial charge < -0.3 is 0 Å². The summed E-state index contributed by atoms with van der Waals surface area (Å²) < 4.78 is 12.3. The number of halogens is 1. The second-order valence-corrected chi connectivity index (χ2v) is 1.84. The van der Waals surface area contributed by atoms with Crippen LogP contribution in [0.15, 0.2) is 23.3 Å². The highest BCUT2D eigenvalue weighted by atomic mass is 19.1. The number of hydrogen-bond acceptors (Lipinski definition) is 2. The van der Waals surface area contributed by atoms with Crippen molar-refractivity contribution in [3.05, 3.63) is 40.3 Å². The van der Waals surface area contributed by atoms with Crippen LogP contribution in [0.25, 0.3) is 10.4 Å². The monoisotopic (exact) mass is 152 g/mol. The number of aromatic nitrogens is 1. The summed E-state index contributed by atoms with van der Waals surface area (Å²) in [5, 5.41) is 3.23. The molecule has 1 aromatic heterocycles. The van der Waals surface area contributed by atoms with Gasteiger partial charge in [0, 0.05) is 10.6 Å². The molecule has 0 spiro atoms. The van der Waals surface area contributed by atoms with Crippen LogP contribution in [-0.2, 0) is 6.54 Å². The van der Waals surface area contributed by atoms with E-state index in [1.54, 1.807) is 6.07 Å². The number of rotatable bonds is 2. The molecule has 0 aliphatic carbocycles. The van der Waals surface area contributed by atoms with Crippen molar-refractivity contribution in [1.29, 1.82) is 0 Å². The molecule has 0 amide bonds. The molecular formula is C6H5FN4. The smallest absolute Gasteiger partial charge is 0.213 e. The quantitative estimate of drug-likeness (QED) is 0.277. The minimum atomic E-state index is -0.560. The molecule has 0 fully saturated rings. The molecule has 0 N–H and O–H groups in total. The Labute approximate surface area is 62.3 Å². The summed E-state index contributed by atoms with van der Waals surface area (Å²) in [5.74, 6) is -0.560. The molecule has 0 radical (unpaired) electrons. The third-order valence-electron chi connectivity index (χ3n) is 1.07. The van der Waals surface area contributed by atoms with E-state index in [2.05, 4.69) is 15.0 Å². The lowest BCUT2D eigenvalue weighted by atomic mass is 10.3. The van der Waals surface area contributed by atoms with Crippen LogP contribution in [0, 0.1) is 5.95 Å². The first-order chi connectivity index (χ1) is 5.33. The van der Waals surface area contributed by atoms with Gasteiger partial charge in [0.2, 0.25) is 5.95 Å². The summed E-state index contributed by atoms with van der Waals surface area (Å²) >= 11 is 0. The van der Waals surface area contributed by atoms with E-state index in [9.17, 15) is 4.39 Å². The third-order valence-corrected chi connectivity index (χ3v) is 1.07. The summed E-state index contributed by atoms with van der Waals surface area (Å²) in [6, 6.07) is 4.35. The minimum absolute atomic E-state index is 0.0915. The fourth-order valence-electron chi connectivity index (χ4n) is 0.642. The highest BCUT2D eigenvalue weighted by molar-refractivity contribution is 5.04. The molecule has 4 nitrogen and oxygen atoms in total. The lowest BCUT2D eigenvalue weighted by Gasteiger charge is -1.92. The van der Waals surface area contributed by atoms with Crippen LogP contribution in [0.1, 0.15) is 5.69 Å². The van der Waals surface area contributed by atoms with Gasteiger partial charge in [0.1, 0.15) is 0 Å². The van der Waals surface area contributed by atoms with E-state index in [4.69, 9.17) is 5.53 Å². The maximum atomic E-state index is 12.3. The van der Waals surface area contributed by atoms with Crippen molar-refractivity contribution in [2.24, 2.45) is 5.11 Å². The van der Waals surface area contributed by atoms with Crippen molar-refractivity contribution < 1.29 is 4.39 Å². The molecule has 56 valence electrons. The zero-order valence-corrected chi connectivity index (χ0v) is 5.61. The van der Waals surface area contributed by atoms with Gasteiger partial charge >= 0.3 is 0 Å². The molecule has 5 heteroatoms. The van der Waals surface area contributed by atoms with Crippen LogP contribution < -0.4 is 0 Å². The Balaban J connectivity index is 2.79. The first kappa shape index (κ1) is 7.50. The summed E-state index contributed by atoms with van der Waals surface area (Å²) in [7, 11) is 0. The molecule has 1 aromatic rings. The van der Waals surface area contributed by atoms with Gasteiger partial charge in [-0.1, -0.05) is 11.2 Å². The third kappa shape index (κ3) is 2.23. The molecule has 0 atom stereocenters. The maximum absolute atomic E-state index is 12.3. The lowest BCUT2D eigenvalue weighted by Crippen LogP contribution is -1.88. The number of azide groups is 1. The summed E-state index contributed by atoms with van der Waals surface area (Å²) in [4.78, 5) is 6.00. The zero-order valence-electron chi connectivity index (χ0n) is 5.61. The summed E-state index contributed by atoms with van der Waals surface area (Å²) in [5.41, 5.74) is 8.37. The average Bonchev–Trinajstić information content (AvgIpc) is 2.01. The van der Waals surface area contributed by atoms with Crippen LogP contribution in [0.3, 0.4) is 0 Å². The molecular weight excluding hydrogens is 147 g/mol. The van der Waals surface area contributed by atoms with E-state index < -0.39 is 5.95 Å². The predicted molar refractivity (Wildman–Crippen MR) is 37.0 cm³/mol.